The van der Waals surface area contributed by atoms with Crippen molar-refractivity contribution in [3.05, 3.63) is 34.7 Å². The Hall–Kier alpha value is -2.18. The minimum absolute atomic E-state index is 0.227. The number of pyridine rings is 1. The van der Waals surface area contributed by atoms with E-state index >= 15 is 0 Å². The monoisotopic (exact) mass is 388 g/mol. The molecule has 0 aliphatic carbocycles. The molecule has 3 rings (SSSR count). The highest BCUT2D eigenvalue weighted by atomic mass is 32.2. The van der Waals surface area contributed by atoms with Crippen molar-refractivity contribution in [2.45, 2.75) is 20.1 Å². The molecule has 0 saturated carbocycles. The molecule has 0 atom stereocenters. The third-order valence-corrected chi connectivity index (χ3v) is 4.48. The average Bonchev–Trinajstić information content (AvgIpc) is 3.15. The molecule has 1 fully saturated rings. The minimum Gasteiger partial charge on any atom is -0.455 e. The van der Waals surface area contributed by atoms with Gasteiger partial charge in [-0.15, -0.1) is 0 Å². The number of amides is 1. The number of thiocarbonyl (C=S) groups is 1. The number of ether oxygens (including phenoxy) is 2. The molecule has 0 bridgehead atoms. The van der Waals surface area contributed by atoms with Gasteiger partial charge in [0.2, 0.25) is 6.29 Å². The highest BCUT2D eigenvalue weighted by Gasteiger charge is 2.22. The molecule has 8 heteroatoms. The Balaban J connectivity index is 1.92. The lowest BCUT2D eigenvalue weighted by Gasteiger charge is -2.09. The molecule has 134 valence electrons. The highest BCUT2D eigenvalue weighted by molar-refractivity contribution is 8.26. The summed E-state index contributed by atoms with van der Waals surface area (Å²) in [6.07, 6.45) is 4.36. The summed E-state index contributed by atoms with van der Waals surface area (Å²) in [6, 6.07) is 1.80. The fourth-order valence-corrected chi connectivity index (χ4v) is 3.29. The Kier molecular flexibility index (Phi) is 6.06. The zero-order chi connectivity index (χ0) is 18.5. The number of carbonyl (C=O) groups excluding carboxylic acids is 1. The molecule has 1 N–H and O–H groups in total. The molecule has 1 aliphatic rings. The molecule has 6 nitrogen and oxygen atoms in total. The van der Waals surface area contributed by atoms with Crippen molar-refractivity contribution in [1.82, 2.24) is 10.3 Å². The van der Waals surface area contributed by atoms with Gasteiger partial charge in [0.25, 0.3) is 5.91 Å². The van der Waals surface area contributed by atoms with Crippen LogP contribution < -0.4 is 5.32 Å². The van der Waals surface area contributed by atoms with Gasteiger partial charge in [-0.05, 0) is 25.8 Å². The maximum Gasteiger partial charge on any atom is 0.263 e. The second kappa shape index (κ2) is 8.47. The van der Waals surface area contributed by atoms with Crippen LogP contribution in [-0.2, 0) is 14.3 Å². The molecule has 2 aromatic rings. The first-order valence-electron chi connectivity index (χ1n) is 7.97. The normalized spacial score (nSPS) is 15.6. The number of nitrogens with one attached hydrogen (secondary N) is 1. The van der Waals surface area contributed by atoms with Crippen LogP contribution in [-0.4, -0.2) is 34.7 Å². The summed E-state index contributed by atoms with van der Waals surface area (Å²) in [5.74, 6) is 6.23. The van der Waals surface area contributed by atoms with Gasteiger partial charge in [0, 0.05) is 37.1 Å². The average molecular weight is 388 g/mol. The summed E-state index contributed by atoms with van der Waals surface area (Å²) < 4.78 is 17.1. The van der Waals surface area contributed by atoms with Crippen LogP contribution in [0.4, 0.5) is 0 Å². The number of hydrogen-bond acceptors (Lipinski definition) is 7. The number of hydrogen-bond donors (Lipinski definition) is 1. The van der Waals surface area contributed by atoms with Crippen LogP contribution in [0.25, 0.3) is 17.0 Å². The van der Waals surface area contributed by atoms with Crippen LogP contribution in [0.3, 0.4) is 0 Å². The second-order valence-electron chi connectivity index (χ2n) is 5.12. The molecule has 0 unspecified atom stereocenters. The fourth-order valence-electron chi connectivity index (χ4n) is 2.26. The number of thioether (sulfide) groups is 1. The SMILES string of the molecule is CCOC(C#Cc1cncc2cc(C=C3SC(=S)NC3=O)oc12)OCC. The lowest BCUT2D eigenvalue weighted by Crippen LogP contribution is -2.17. The van der Waals surface area contributed by atoms with Crippen LogP contribution in [0.1, 0.15) is 25.2 Å². The number of carbonyl (C=O) groups is 1. The van der Waals surface area contributed by atoms with E-state index in [1.54, 1.807) is 24.5 Å². The van der Waals surface area contributed by atoms with Gasteiger partial charge >= 0.3 is 0 Å². The van der Waals surface area contributed by atoms with Crippen molar-refractivity contribution < 1.29 is 18.7 Å². The van der Waals surface area contributed by atoms with E-state index in [4.69, 9.17) is 26.1 Å². The molecule has 0 radical (unpaired) electrons. The topological polar surface area (TPSA) is 73.6 Å². The zero-order valence-corrected chi connectivity index (χ0v) is 15.8. The Labute approximate surface area is 160 Å². The highest BCUT2D eigenvalue weighted by Crippen LogP contribution is 2.29. The van der Waals surface area contributed by atoms with Gasteiger partial charge in [0.1, 0.15) is 10.1 Å². The van der Waals surface area contributed by atoms with Crippen LogP contribution in [0.15, 0.2) is 27.8 Å². The zero-order valence-electron chi connectivity index (χ0n) is 14.2. The van der Waals surface area contributed by atoms with Gasteiger partial charge in [-0.1, -0.05) is 29.9 Å². The minimum atomic E-state index is -0.601. The number of rotatable bonds is 5. The molecule has 3 heterocycles. The largest absolute Gasteiger partial charge is 0.455 e. The first-order chi connectivity index (χ1) is 12.6. The van der Waals surface area contributed by atoms with E-state index in [0.717, 1.165) is 5.39 Å². The van der Waals surface area contributed by atoms with Crippen LogP contribution in [0.5, 0.6) is 0 Å². The van der Waals surface area contributed by atoms with E-state index in [9.17, 15) is 4.79 Å². The van der Waals surface area contributed by atoms with Crippen molar-refractivity contribution in [3.63, 3.8) is 0 Å². The third kappa shape index (κ3) is 4.31. The van der Waals surface area contributed by atoms with Crippen LogP contribution in [0.2, 0.25) is 0 Å². The van der Waals surface area contributed by atoms with Gasteiger partial charge in [-0.2, -0.15) is 0 Å². The number of nitrogens with zero attached hydrogens (tertiary/aromatic N) is 1. The lowest BCUT2D eigenvalue weighted by molar-refractivity contribution is -0.115. The Bertz CT molecular complexity index is 934. The summed E-state index contributed by atoms with van der Waals surface area (Å²) in [7, 11) is 0. The number of aromatic nitrogens is 1. The Morgan fingerprint density at radius 3 is 2.81 bits per heavy atom. The van der Waals surface area contributed by atoms with Crippen molar-refractivity contribution in [1.29, 1.82) is 0 Å². The van der Waals surface area contributed by atoms with E-state index < -0.39 is 6.29 Å². The summed E-state index contributed by atoms with van der Waals surface area (Å²) in [6.45, 7) is 4.76. The second-order valence-corrected chi connectivity index (χ2v) is 6.84. The maximum atomic E-state index is 11.8. The third-order valence-electron chi connectivity index (χ3n) is 3.32. The maximum absolute atomic E-state index is 11.8. The Morgan fingerprint density at radius 1 is 1.38 bits per heavy atom. The predicted molar refractivity (Wildman–Crippen MR) is 104 cm³/mol. The van der Waals surface area contributed by atoms with Gasteiger partial charge in [-0.3, -0.25) is 9.78 Å². The first-order valence-corrected chi connectivity index (χ1v) is 9.20. The van der Waals surface area contributed by atoms with E-state index in [0.29, 0.717) is 39.3 Å². The molecule has 1 aliphatic heterocycles. The summed E-state index contributed by atoms with van der Waals surface area (Å²) in [4.78, 5) is 16.5. The quantitative estimate of drug-likeness (QED) is 0.365. The molecule has 0 aromatic carbocycles. The van der Waals surface area contributed by atoms with Gasteiger partial charge in [0.15, 0.2) is 5.58 Å². The van der Waals surface area contributed by atoms with Gasteiger partial charge in [-0.25, -0.2) is 0 Å². The van der Waals surface area contributed by atoms with Crippen molar-refractivity contribution in [2.24, 2.45) is 0 Å². The molecule has 2 aromatic heterocycles. The van der Waals surface area contributed by atoms with Crippen molar-refractivity contribution in [2.75, 3.05) is 13.2 Å². The van der Waals surface area contributed by atoms with Gasteiger partial charge in [0.05, 0.1) is 10.5 Å². The lowest BCUT2D eigenvalue weighted by atomic mass is 10.2. The molecular weight excluding hydrogens is 372 g/mol. The number of furan rings is 1. The first kappa shape index (κ1) is 18.6. The molecule has 1 saturated heterocycles. The van der Waals surface area contributed by atoms with E-state index in [-0.39, 0.29) is 5.91 Å². The van der Waals surface area contributed by atoms with Crippen LogP contribution >= 0.6 is 24.0 Å². The van der Waals surface area contributed by atoms with E-state index in [2.05, 4.69) is 22.1 Å². The molecular formula is C18H16N2O4S2. The van der Waals surface area contributed by atoms with Crippen LogP contribution in [0, 0.1) is 11.8 Å². The standard InChI is InChI=1S/C18H16N2O4S2/c1-3-22-15(23-4-2)6-5-11-9-19-10-12-7-13(24-16(11)12)8-14-17(21)20-18(25)26-14/h7-10,15H,3-4H2,1-2H3,(H,20,21,25). The molecule has 1 amide bonds. The van der Waals surface area contributed by atoms with E-state index in [1.807, 2.05) is 13.8 Å². The Morgan fingerprint density at radius 2 is 2.15 bits per heavy atom. The predicted octanol–water partition coefficient (Wildman–Crippen LogP) is 3.07. The number of fused-ring (bicyclic) bond motifs is 1. The fraction of sp³-hybridized carbons (Fsp3) is 0.278. The van der Waals surface area contributed by atoms with Crippen molar-refractivity contribution >= 4 is 51.3 Å². The summed E-state index contributed by atoms with van der Waals surface area (Å²) in [5.41, 5.74) is 1.22. The van der Waals surface area contributed by atoms with Crippen molar-refractivity contribution in [3.8, 4) is 11.8 Å². The summed E-state index contributed by atoms with van der Waals surface area (Å²) >= 11 is 6.19. The smallest absolute Gasteiger partial charge is 0.263 e. The molecule has 0 spiro atoms. The molecule has 26 heavy (non-hydrogen) atoms. The van der Waals surface area contributed by atoms with E-state index in [1.165, 1.54) is 11.8 Å². The summed E-state index contributed by atoms with van der Waals surface area (Å²) in [5, 5.41) is 3.36. The van der Waals surface area contributed by atoms with Gasteiger partial charge < -0.3 is 19.2 Å².